The summed E-state index contributed by atoms with van der Waals surface area (Å²) in [6.07, 6.45) is -0.544. The topological polar surface area (TPSA) is 57.1 Å². The average molecular weight is 264 g/mol. The fraction of sp³-hybridized carbons (Fsp3) is 0.286. The van der Waals surface area contributed by atoms with Crippen molar-refractivity contribution in [2.45, 2.75) is 19.6 Å². The molecule has 1 atom stereocenters. The number of nitrogens with two attached hydrogens (primary N) is 1. The number of aliphatic hydroxyl groups is 1. The Labute approximate surface area is 111 Å². The second-order valence-electron chi connectivity index (χ2n) is 4.37. The van der Waals surface area contributed by atoms with Crippen molar-refractivity contribution in [1.29, 1.82) is 0 Å². The Morgan fingerprint density at radius 3 is 2.83 bits per heavy atom. The fourth-order valence-electron chi connectivity index (χ4n) is 1.85. The van der Waals surface area contributed by atoms with Gasteiger partial charge in [0.25, 0.3) is 0 Å². The maximum absolute atomic E-state index is 10.0. The highest BCUT2D eigenvalue weighted by Crippen LogP contribution is 2.17. The van der Waals surface area contributed by atoms with Crippen molar-refractivity contribution >= 4 is 11.3 Å². The number of hydrogen-bond donors (Lipinski definition) is 3. The van der Waals surface area contributed by atoms with Crippen LogP contribution >= 0.6 is 11.3 Å². The molecule has 0 aliphatic heterocycles. The normalized spacial score (nSPS) is 12.6. The van der Waals surface area contributed by atoms with E-state index < -0.39 is 6.10 Å². The van der Waals surface area contributed by atoms with Crippen molar-refractivity contribution in [3.05, 3.63) is 51.7 Å². The van der Waals surface area contributed by atoms with E-state index >= 15 is 0 Å². The number of aliphatic hydroxyl groups excluding tert-OH is 1. The maximum Gasteiger partial charge on any atom is 0.128 e. The summed E-state index contributed by atoms with van der Waals surface area (Å²) in [6.45, 7) is 3.59. The van der Waals surface area contributed by atoms with Crippen molar-refractivity contribution in [2.24, 2.45) is 0 Å². The van der Waals surface area contributed by atoms with E-state index in [1.165, 1.54) is 10.4 Å². The first kappa shape index (κ1) is 13.1. The third-order valence-corrected chi connectivity index (χ3v) is 3.99. The third-order valence-electron chi connectivity index (χ3n) is 2.94. The van der Waals surface area contributed by atoms with Gasteiger partial charge in [0.15, 0.2) is 0 Å². The van der Waals surface area contributed by atoms with Gasteiger partial charge in [0.05, 0.1) is 4.88 Å². The van der Waals surface area contributed by atoms with Gasteiger partial charge in [-0.2, -0.15) is 0 Å². The lowest BCUT2D eigenvalue weighted by Gasteiger charge is -2.10. The van der Waals surface area contributed by atoms with Gasteiger partial charge in [0.2, 0.25) is 0 Å². The lowest BCUT2D eigenvalue weighted by atomic mass is 10.1. The molecule has 18 heavy (non-hydrogen) atoms. The van der Waals surface area contributed by atoms with Crippen LogP contribution in [-0.4, -0.2) is 16.8 Å². The Bertz CT molecular complexity index is 510. The van der Waals surface area contributed by atoms with Crippen LogP contribution in [-0.2, 0) is 6.54 Å². The lowest BCUT2D eigenvalue weighted by molar-refractivity contribution is -0.677. The Morgan fingerprint density at radius 2 is 2.17 bits per heavy atom. The van der Waals surface area contributed by atoms with Gasteiger partial charge in [-0.25, -0.2) is 0 Å². The molecule has 4 heteroatoms. The number of rotatable bonds is 5. The van der Waals surface area contributed by atoms with Crippen molar-refractivity contribution in [3.63, 3.8) is 0 Å². The highest BCUT2D eigenvalue weighted by atomic mass is 32.1. The molecule has 1 heterocycles. The van der Waals surface area contributed by atoms with Crippen molar-refractivity contribution < 1.29 is 15.5 Å². The van der Waals surface area contributed by atoms with Gasteiger partial charge in [-0.15, -0.1) is 11.3 Å². The molecule has 0 fully saturated rings. The fourth-order valence-corrected chi connectivity index (χ4v) is 2.76. The van der Waals surface area contributed by atoms with Gasteiger partial charge in [0, 0.05) is 0 Å². The van der Waals surface area contributed by atoms with E-state index in [4.69, 9.17) is 0 Å². The summed E-state index contributed by atoms with van der Waals surface area (Å²) >= 11 is 1.75. The van der Waals surface area contributed by atoms with Crippen LogP contribution in [0.3, 0.4) is 0 Å². The number of aryl methyl sites for hydroxylation is 1. The average Bonchev–Trinajstić information content (AvgIpc) is 2.75. The second-order valence-corrected chi connectivity index (χ2v) is 5.37. The molecule has 4 N–H and O–H groups in total. The molecule has 1 aromatic carbocycles. The standard InChI is InChI=1S/C14H17NO2S/c1-10-5-6-18-14(10)9-15-8-13(17)11-3-2-4-12(16)7-11/h2-7,13,15-17H,8-9H2,1H3/p+1/t13-/m0/s1. The summed E-state index contributed by atoms with van der Waals surface area (Å²) < 4.78 is 0. The molecule has 96 valence electrons. The van der Waals surface area contributed by atoms with E-state index in [-0.39, 0.29) is 5.75 Å². The molecule has 1 aromatic heterocycles. The lowest BCUT2D eigenvalue weighted by Crippen LogP contribution is -2.83. The van der Waals surface area contributed by atoms with Crippen LogP contribution in [0.2, 0.25) is 0 Å². The van der Waals surface area contributed by atoms with Gasteiger partial charge in [-0.05, 0) is 41.6 Å². The summed E-state index contributed by atoms with van der Waals surface area (Å²) in [6, 6.07) is 8.90. The summed E-state index contributed by atoms with van der Waals surface area (Å²) in [5, 5.41) is 23.5. The highest BCUT2D eigenvalue weighted by molar-refractivity contribution is 7.10. The number of hydrogen-bond acceptors (Lipinski definition) is 3. The minimum Gasteiger partial charge on any atom is -0.508 e. The zero-order chi connectivity index (χ0) is 13.0. The van der Waals surface area contributed by atoms with E-state index in [1.54, 1.807) is 29.5 Å². The van der Waals surface area contributed by atoms with Crippen molar-refractivity contribution in [1.82, 2.24) is 0 Å². The Hall–Kier alpha value is -1.36. The summed E-state index contributed by atoms with van der Waals surface area (Å²) in [4.78, 5) is 1.35. The molecule has 0 aliphatic rings. The Morgan fingerprint density at radius 1 is 1.33 bits per heavy atom. The van der Waals surface area contributed by atoms with Gasteiger partial charge in [-0.3, -0.25) is 0 Å². The molecular weight excluding hydrogens is 246 g/mol. The van der Waals surface area contributed by atoms with Crippen LogP contribution < -0.4 is 5.32 Å². The molecule has 3 nitrogen and oxygen atoms in total. The van der Waals surface area contributed by atoms with Crippen LogP contribution in [0, 0.1) is 6.92 Å². The number of phenolic OH excluding ortho intramolecular Hbond substituents is 1. The van der Waals surface area contributed by atoms with Crippen molar-refractivity contribution in [3.8, 4) is 5.75 Å². The van der Waals surface area contributed by atoms with E-state index in [9.17, 15) is 10.2 Å². The molecule has 0 aliphatic carbocycles. The Kier molecular flexibility index (Phi) is 4.36. The smallest absolute Gasteiger partial charge is 0.128 e. The zero-order valence-corrected chi connectivity index (χ0v) is 11.2. The largest absolute Gasteiger partial charge is 0.508 e. The molecular formula is C14H18NO2S+. The first-order chi connectivity index (χ1) is 8.66. The minimum atomic E-state index is -0.544. The molecule has 0 radical (unpaired) electrons. The molecule has 0 unspecified atom stereocenters. The number of phenols is 1. The minimum absolute atomic E-state index is 0.195. The maximum atomic E-state index is 10.0. The van der Waals surface area contributed by atoms with E-state index in [1.807, 2.05) is 6.07 Å². The zero-order valence-electron chi connectivity index (χ0n) is 10.3. The van der Waals surface area contributed by atoms with Gasteiger partial charge >= 0.3 is 0 Å². The number of aromatic hydroxyl groups is 1. The molecule has 0 saturated carbocycles. The van der Waals surface area contributed by atoms with E-state index in [2.05, 4.69) is 23.7 Å². The molecule has 2 aromatic rings. The second kappa shape index (κ2) is 6.00. The van der Waals surface area contributed by atoms with Crippen LogP contribution in [0.4, 0.5) is 0 Å². The van der Waals surface area contributed by atoms with Gasteiger partial charge < -0.3 is 15.5 Å². The van der Waals surface area contributed by atoms with Gasteiger partial charge in [0.1, 0.15) is 24.9 Å². The number of quaternary nitrogens is 1. The molecule has 0 amide bonds. The quantitative estimate of drug-likeness (QED) is 0.767. The van der Waals surface area contributed by atoms with Crippen LogP contribution in [0.1, 0.15) is 22.1 Å². The number of benzene rings is 1. The Balaban J connectivity index is 1.85. The first-order valence-corrected chi connectivity index (χ1v) is 6.86. The van der Waals surface area contributed by atoms with Crippen molar-refractivity contribution in [2.75, 3.05) is 6.54 Å². The monoisotopic (exact) mass is 264 g/mol. The summed E-state index contributed by atoms with van der Waals surface area (Å²) in [7, 11) is 0. The predicted octanol–water partition coefficient (Wildman–Crippen LogP) is 1.56. The molecule has 0 bridgehead atoms. The summed E-state index contributed by atoms with van der Waals surface area (Å²) in [5.41, 5.74) is 2.07. The third kappa shape index (κ3) is 3.32. The first-order valence-electron chi connectivity index (χ1n) is 5.98. The van der Waals surface area contributed by atoms with Gasteiger partial charge in [-0.1, -0.05) is 12.1 Å². The molecule has 0 saturated heterocycles. The highest BCUT2D eigenvalue weighted by Gasteiger charge is 2.10. The molecule has 0 spiro atoms. The number of thiophene rings is 1. The predicted molar refractivity (Wildman–Crippen MR) is 72.6 cm³/mol. The SMILES string of the molecule is Cc1ccsc1C[NH2+]C[C@H](O)c1cccc(O)c1. The van der Waals surface area contributed by atoms with Crippen LogP contribution in [0.25, 0.3) is 0 Å². The molecule has 2 rings (SSSR count). The van der Waals surface area contributed by atoms with Crippen LogP contribution in [0.15, 0.2) is 35.7 Å². The summed E-state index contributed by atoms with van der Waals surface area (Å²) in [5.74, 6) is 0.195. The van der Waals surface area contributed by atoms with E-state index in [0.29, 0.717) is 6.54 Å². The van der Waals surface area contributed by atoms with E-state index in [0.717, 1.165) is 12.1 Å². The van der Waals surface area contributed by atoms with Crippen LogP contribution in [0.5, 0.6) is 5.75 Å².